The summed E-state index contributed by atoms with van der Waals surface area (Å²) in [5, 5.41) is 85.9. The second kappa shape index (κ2) is 16.2. The molecule has 368 valence electrons. The van der Waals surface area contributed by atoms with Crippen molar-refractivity contribution >= 4 is 12.1 Å². The van der Waals surface area contributed by atoms with E-state index in [1.165, 1.54) is 6.92 Å². The van der Waals surface area contributed by atoms with E-state index in [2.05, 4.69) is 41.2 Å². The lowest BCUT2D eigenvalue weighted by molar-refractivity contribution is -0.382. The zero-order chi connectivity index (χ0) is 47.2. The van der Waals surface area contributed by atoms with Crippen molar-refractivity contribution in [3.05, 3.63) is 12.3 Å². The van der Waals surface area contributed by atoms with Gasteiger partial charge in [-0.25, -0.2) is 0 Å². The first-order valence-corrected chi connectivity index (χ1v) is 24.0. The van der Waals surface area contributed by atoms with E-state index in [1.54, 1.807) is 0 Å². The number of carbonyl (C=O) groups excluding carboxylic acids is 2. The van der Waals surface area contributed by atoms with E-state index in [0.717, 1.165) is 38.4 Å². The lowest BCUT2D eigenvalue weighted by Crippen LogP contribution is -2.73. The summed E-state index contributed by atoms with van der Waals surface area (Å²) in [6.07, 6.45) is -13.1. The number of aliphatic hydroxyl groups is 8. The summed E-state index contributed by atoms with van der Waals surface area (Å²) in [4.78, 5) is 27.2. The molecule has 0 aromatic carbocycles. The summed E-state index contributed by atoms with van der Waals surface area (Å²) >= 11 is 0. The Balaban J connectivity index is 0.890. The third kappa shape index (κ3) is 6.67. The maximum absolute atomic E-state index is 14.7. The zero-order valence-electron chi connectivity index (χ0n) is 38.9. The van der Waals surface area contributed by atoms with Gasteiger partial charge in [0.05, 0.1) is 30.8 Å². The van der Waals surface area contributed by atoms with Gasteiger partial charge in [-0.1, -0.05) is 48.1 Å². The first kappa shape index (κ1) is 48.3. The molecule has 4 saturated heterocycles. The molecule has 65 heavy (non-hydrogen) atoms. The van der Waals surface area contributed by atoms with Gasteiger partial charge in [-0.2, -0.15) is 0 Å². The van der Waals surface area contributed by atoms with Crippen LogP contribution in [-0.4, -0.2) is 164 Å². The molecule has 5 saturated carbocycles. The molecule has 1 spiro atoms. The number of allylic oxidation sites excluding steroid dienone is 1. The van der Waals surface area contributed by atoms with Gasteiger partial charge in [-0.05, 0) is 92.8 Å². The second-order valence-electron chi connectivity index (χ2n) is 23.3. The van der Waals surface area contributed by atoms with Crippen molar-refractivity contribution in [2.24, 2.45) is 50.2 Å². The topological polar surface area (TPSA) is 261 Å². The van der Waals surface area contributed by atoms with Crippen LogP contribution in [0.1, 0.15) is 113 Å². The average Bonchev–Trinajstić information content (AvgIpc) is 3.47. The van der Waals surface area contributed by atoms with Crippen LogP contribution in [0.2, 0.25) is 0 Å². The van der Waals surface area contributed by atoms with Gasteiger partial charge >= 0.3 is 0 Å². The molecular formula is C48H74O17. The number of aldehydes is 1. The number of hydrogen-bond acceptors (Lipinski definition) is 17. The van der Waals surface area contributed by atoms with E-state index in [0.29, 0.717) is 37.9 Å². The van der Waals surface area contributed by atoms with Crippen molar-refractivity contribution in [1.29, 1.82) is 0 Å². The van der Waals surface area contributed by atoms with Gasteiger partial charge in [-0.3, -0.25) is 4.79 Å². The minimum atomic E-state index is -1.77. The number of Topliss-reactive ketones (excluding diaryl/α,β-unsaturated/α-hetero) is 1. The maximum atomic E-state index is 14.7. The highest BCUT2D eigenvalue weighted by Crippen LogP contribution is 2.81. The van der Waals surface area contributed by atoms with Crippen LogP contribution in [-0.2, 0) is 42.7 Å². The molecule has 0 aromatic rings. The molecule has 0 amide bonds. The first-order valence-electron chi connectivity index (χ1n) is 24.0. The number of aliphatic hydroxyl groups excluding tert-OH is 8. The minimum Gasteiger partial charge on any atom is -0.490 e. The molecule has 9 fully saturated rings. The van der Waals surface area contributed by atoms with Gasteiger partial charge in [-0.15, -0.1) is 0 Å². The lowest BCUT2D eigenvalue weighted by Gasteiger charge is -2.73. The molecule has 17 nitrogen and oxygen atoms in total. The summed E-state index contributed by atoms with van der Waals surface area (Å²) in [7, 11) is 0. The fourth-order valence-corrected chi connectivity index (χ4v) is 16.0. The standard InChI is InChI=1S/C48H74O17/c1-22-31(52)34(55)37(58)40(60-22)64-38-35(56)32(53)24(19-49)61-41(38)62-25-20-59-39(36(57)33(25)54)63-30-11-12-44(6)26(42(30,3)4)9-13-45(7)27(44)10-14-48-28-17-43(5,21-50)15-16-47(28,23(2)65-48)29(51)18-46(45,48)8/h21-22,24-28,30-41,49,52-58H,2,9-20H2,1,3-8H3/t22-,24-,25+,26+,27-,28-,30+,31-,32-,33+,34+,35+,36-,37+,38-,39+,40-,41+,43+,44+,45-,46+,47-,48+/m1/s1. The third-order valence-corrected chi connectivity index (χ3v) is 20.0. The molecule has 9 rings (SSSR count). The van der Waals surface area contributed by atoms with Gasteiger partial charge in [0.1, 0.15) is 84.5 Å². The molecule has 2 bridgehead atoms. The molecule has 8 N–H and O–H groups in total. The van der Waals surface area contributed by atoms with Crippen LogP contribution < -0.4 is 0 Å². The zero-order valence-corrected chi connectivity index (χ0v) is 38.9. The molecule has 0 unspecified atom stereocenters. The third-order valence-electron chi connectivity index (χ3n) is 20.0. The normalized spacial score (nSPS) is 57.3. The fourth-order valence-electron chi connectivity index (χ4n) is 16.0. The Morgan fingerprint density at radius 1 is 0.723 bits per heavy atom. The Kier molecular flexibility index (Phi) is 12.0. The Labute approximate surface area is 381 Å². The molecule has 5 aliphatic carbocycles. The number of ketones is 1. The van der Waals surface area contributed by atoms with Crippen molar-refractivity contribution in [3.8, 4) is 0 Å². The van der Waals surface area contributed by atoms with Crippen LogP contribution in [0.25, 0.3) is 0 Å². The summed E-state index contributed by atoms with van der Waals surface area (Å²) in [5.74, 6) is 1.22. The van der Waals surface area contributed by atoms with E-state index in [4.69, 9.17) is 33.2 Å². The predicted octanol–water partition coefficient (Wildman–Crippen LogP) is 1.39. The van der Waals surface area contributed by atoms with E-state index >= 15 is 0 Å². The lowest BCUT2D eigenvalue weighted by atomic mass is 9.30. The summed E-state index contributed by atoms with van der Waals surface area (Å²) in [5.41, 5.74) is -3.07. The van der Waals surface area contributed by atoms with Crippen LogP contribution in [0.3, 0.4) is 0 Å². The Morgan fingerprint density at radius 2 is 1.42 bits per heavy atom. The van der Waals surface area contributed by atoms with Crippen LogP contribution in [0.5, 0.6) is 0 Å². The Bertz CT molecular complexity index is 1870. The SMILES string of the molecule is C=C1O[C@]23CC[C@@H]4[C@@]5(C)CC[C@H](O[C@@H]6OC[C@H](O[C@@H]7O[C@H](CO)[C@@H](O)[C@H](O)[C@H]7O[C@H]7O[C@H](C)[C@@H](O)[C@H](O)[C@@H]7O)[C@H](O)[C@H]6O)C(C)(C)[C@@H]5CC[C@@]4(C)[C@]2(C)CC(=O)[C@]12CC[C@](C)(C=O)C[C@H]23. The van der Waals surface area contributed by atoms with Gasteiger partial charge in [0.2, 0.25) is 0 Å². The Hall–Kier alpha value is -1.68. The second-order valence-corrected chi connectivity index (χ2v) is 23.3. The molecular weight excluding hydrogens is 849 g/mol. The molecule has 0 radical (unpaired) electrons. The smallest absolute Gasteiger partial charge is 0.187 e. The predicted molar refractivity (Wildman–Crippen MR) is 226 cm³/mol. The fraction of sp³-hybridized carbons (Fsp3) is 0.917. The Morgan fingerprint density at radius 3 is 2.11 bits per heavy atom. The van der Waals surface area contributed by atoms with E-state index in [-0.39, 0.29) is 47.1 Å². The highest BCUT2D eigenvalue weighted by Gasteiger charge is 2.82. The molecule has 4 aliphatic heterocycles. The van der Waals surface area contributed by atoms with Crippen molar-refractivity contribution in [2.75, 3.05) is 13.2 Å². The monoisotopic (exact) mass is 922 g/mol. The van der Waals surface area contributed by atoms with Crippen molar-refractivity contribution in [2.45, 2.75) is 210 Å². The molecule has 9 aliphatic rings. The summed E-state index contributed by atoms with van der Waals surface area (Å²) < 4.78 is 43.0. The van der Waals surface area contributed by atoms with Crippen LogP contribution >= 0.6 is 0 Å². The number of carbonyl (C=O) groups is 2. The number of fused-ring (bicyclic) bond motifs is 4. The van der Waals surface area contributed by atoms with E-state index in [1.807, 2.05) is 6.92 Å². The van der Waals surface area contributed by atoms with E-state index in [9.17, 15) is 50.4 Å². The van der Waals surface area contributed by atoms with Gasteiger partial charge in [0, 0.05) is 23.2 Å². The molecule has 17 heteroatoms. The minimum absolute atomic E-state index is 0.0920. The van der Waals surface area contributed by atoms with E-state index < -0.39 is 120 Å². The van der Waals surface area contributed by atoms with Gasteiger partial charge in [0.15, 0.2) is 18.9 Å². The maximum Gasteiger partial charge on any atom is 0.187 e. The number of ether oxygens (including phenoxy) is 7. The summed E-state index contributed by atoms with van der Waals surface area (Å²) in [6.45, 7) is 18.4. The van der Waals surface area contributed by atoms with Gasteiger partial charge < -0.3 is 78.8 Å². The van der Waals surface area contributed by atoms with Gasteiger partial charge in [0.25, 0.3) is 0 Å². The largest absolute Gasteiger partial charge is 0.490 e. The summed E-state index contributed by atoms with van der Waals surface area (Å²) in [6, 6.07) is 0. The molecule has 4 heterocycles. The van der Waals surface area contributed by atoms with Crippen LogP contribution in [0.15, 0.2) is 12.3 Å². The van der Waals surface area contributed by atoms with Crippen molar-refractivity contribution in [1.82, 2.24) is 0 Å². The van der Waals surface area contributed by atoms with Crippen molar-refractivity contribution < 1.29 is 83.6 Å². The quantitative estimate of drug-likeness (QED) is 0.126. The highest BCUT2D eigenvalue weighted by atomic mass is 16.8. The van der Waals surface area contributed by atoms with Crippen LogP contribution in [0.4, 0.5) is 0 Å². The first-order chi connectivity index (χ1) is 30.4. The molecule has 24 atom stereocenters. The average molecular weight is 923 g/mol. The highest BCUT2D eigenvalue weighted by molar-refractivity contribution is 5.91. The van der Waals surface area contributed by atoms with Crippen molar-refractivity contribution in [3.63, 3.8) is 0 Å². The van der Waals surface area contributed by atoms with Crippen LogP contribution in [0, 0.1) is 50.2 Å². The number of rotatable bonds is 8. The number of hydrogen-bond donors (Lipinski definition) is 8. The molecule has 0 aromatic heterocycles.